The Balaban J connectivity index is 1.94. The number of hydrogen-bond donors (Lipinski definition) is 0. The molecule has 7 nitrogen and oxygen atoms in total. The molecule has 1 aliphatic heterocycles. The highest BCUT2D eigenvalue weighted by atomic mass is 16.5. The number of hydrogen-bond acceptors (Lipinski definition) is 5. The average molecular weight is 383 g/mol. The lowest BCUT2D eigenvalue weighted by Crippen LogP contribution is -2.36. The highest BCUT2D eigenvalue weighted by Gasteiger charge is 2.31. The first-order valence-electron chi connectivity index (χ1n) is 9.52. The fourth-order valence-electron chi connectivity index (χ4n) is 3.34. The summed E-state index contributed by atoms with van der Waals surface area (Å²) < 4.78 is 6.95. The number of ether oxygens (including phenoxy) is 1. The van der Waals surface area contributed by atoms with Crippen molar-refractivity contribution in [3.63, 3.8) is 0 Å². The second-order valence-electron chi connectivity index (χ2n) is 7.01. The largest absolute Gasteiger partial charge is 0.461 e. The zero-order valence-electron chi connectivity index (χ0n) is 16.5. The molecule has 1 aromatic heterocycles. The molecule has 1 aliphatic rings. The van der Waals surface area contributed by atoms with Crippen molar-refractivity contribution in [2.24, 2.45) is 0 Å². The molecule has 2 aromatic rings. The Bertz CT molecular complexity index is 899. The van der Waals surface area contributed by atoms with Crippen LogP contribution in [0.5, 0.6) is 0 Å². The number of benzene rings is 1. The first kappa shape index (κ1) is 19.8. The number of Topliss-reactive ketones (excluding diaryl/α,β-unsaturated/α-hetero) is 1. The van der Waals surface area contributed by atoms with Crippen LogP contribution in [-0.4, -0.2) is 45.5 Å². The molecule has 0 radical (unpaired) electrons. The topological polar surface area (TPSA) is 81.5 Å². The number of carbonyl (C=O) groups excluding carboxylic acids is 3. The van der Waals surface area contributed by atoms with Gasteiger partial charge in [-0.1, -0.05) is 17.7 Å². The Morgan fingerprint density at radius 3 is 2.50 bits per heavy atom. The lowest BCUT2D eigenvalue weighted by atomic mass is 10.0. The first-order chi connectivity index (χ1) is 13.4. The third kappa shape index (κ3) is 4.13. The number of rotatable bonds is 6. The molecular weight excluding hydrogens is 358 g/mol. The van der Waals surface area contributed by atoms with Gasteiger partial charge in [-0.2, -0.15) is 5.10 Å². The molecule has 0 saturated carbocycles. The van der Waals surface area contributed by atoms with E-state index in [9.17, 15) is 14.4 Å². The Kier molecular flexibility index (Phi) is 5.92. The predicted octanol–water partition coefficient (Wildman–Crippen LogP) is 2.61. The fraction of sp³-hybridized carbons (Fsp3) is 0.429. The van der Waals surface area contributed by atoms with Crippen LogP contribution in [0, 0.1) is 6.92 Å². The van der Waals surface area contributed by atoms with E-state index in [0.29, 0.717) is 19.5 Å². The Hall–Kier alpha value is -2.96. The fourth-order valence-corrected chi connectivity index (χ4v) is 3.34. The van der Waals surface area contributed by atoms with E-state index in [-0.39, 0.29) is 36.8 Å². The van der Waals surface area contributed by atoms with Crippen LogP contribution in [0.3, 0.4) is 0 Å². The summed E-state index contributed by atoms with van der Waals surface area (Å²) in [5.41, 5.74) is 3.90. The molecule has 148 valence electrons. The monoisotopic (exact) mass is 383 g/mol. The molecule has 0 atom stereocenters. The van der Waals surface area contributed by atoms with Gasteiger partial charge in [0, 0.05) is 37.9 Å². The van der Waals surface area contributed by atoms with Crippen LogP contribution in [-0.2, 0) is 27.3 Å². The van der Waals surface area contributed by atoms with E-state index in [1.54, 1.807) is 16.5 Å². The minimum Gasteiger partial charge on any atom is -0.461 e. The summed E-state index contributed by atoms with van der Waals surface area (Å²) in [7, 11) is 0. The molecule has 0 N–H and O–H groups in total. The van der Waals surface area contributed by atoms with E-state index in [4.69, 9.17) is 4.74 Å². The molecular formula is C21H25N3O4. The molecule has 7 heteroatoms. The summed E-state index contributed by atoms with van der Waals surface area (Å²) >= 11 is 0. The van der Waals surface area contributed by atoms with Gasteiger partial charge >= 0.3 is 5.97 Å². The Morgan fingerprint density at radius 1 is 1.14 bits per heavy atom. The van der Waals surface area contributed by atoms with E-state index in [0.717, 1.165) is 22.5 Å². The zero-order valence-corrected chi connectivity index (χ0v) is 16.5. The Morgan fingerprint density at radius 2 is 1.86 bits per heavy atom. The number of ketones is 1. The molecule has 2 heterocycles. The van der Waals surface area contributed by atoms with Gasteiger partial charge in [0.1, 0.15) is 5.78 Å². The van der Waals surface area contributed by atoms with Gasteiger partial charge in [0.15, 0.2) is 5.69 Å². The highest BCUT2D eigenvalue weighted by Crippen LogP contribution is 2.26. The van der Waals surface area contributed by atoms with Gasteiger partial charge in [-0.05, 0) is 32.9 Å². The molecule has 1 aromatic carbocycles. The first-order valence-corrected chi connectivity index (χ1v) is 9.52. The van der Waals surface area contributed by atoms with Crippen molar-refractivity contribution in [1.82, 2.24) is 14.7 Å². The van der Waals surface area contributed by atoms with E-state index < -0.39 is 5.97 Å². The number of amides is 1. The zero-order chi connectivity index (χ0) is 20.3. The van der Waals surface area contributed by atoms with Gasteiger partial charge in [-0.15, -0.1) is 0 Å². The van der Waals surface area contributed by atoms with Crippen molar-refractivity contribution in [1.29, 1.82) is 0 Å². The predicted molar refractivity (Wildman–Crippen MR) is 103 cm³/mol. The number of nitrogens with zero attached hydrogens (tertiary/aromatic N) is 3. The van der Waals surface area contributed by atoms with Crippen molar-refractivity contribution in [3.8, 4) is 5.69 Å². The van der Waals surface area contributed by atoms with Crippen LogP contribution in [0.1, 0.15) is 54.0 Å². The molecule has 0 aliphatic carbocycles. The van der Waals surface area contributed by atoms with Gasteiger partial charge in [0.2, 0.25) is 5.91 Å². The van der Waals surface area contributed by atoms with Crippen molar-refractivity contribution in [3.05, 3.63) is 46.8 Å². The summed E-state index contributed by atoms with van der Waals surface area (Å²) in [5.74, 6) is -0.577. The van der Waals surface area contributed by atoms with Crippen LogP contribution < -0.4 is 0 Å². The lowest BCUT2D eigenvalue weighted by molar-refractivity contribution is -0.133. The maximum atomic E-state index is 12.5. The van der Waals surface area contributed by atoms with E-state index >= 15 is 0 Å². The minimum absolute atomic E-state index is 0.00884. The molecule has 0 spiro atoms. The number of aryl methyl sites for hydroxylation is 1. The summed E-state index contributed by atoms with van der Waals surface area (Å²) in [6.07, 6.45) is 1.00. The quantitative estimate of drug-likeness (QED) is 0.716. The standard InChI is InChI=1S/C21H25N3O4/c1-4-28-21(27)20-17-13-23(19(26)10-7-15(3)25)12-11-18(17)24(22-20)16-8-5-14(2)6-9-16/h5-6,8-9H,4,7,10-13H2,1-3H3. The van der Waals surface area contributed by atoms with Gasteiger partial charge < -0.3 is 14.4 Å². The number of esters is 1. The number of carbonyl (C=O) groups is 3. The highest BCUT2D eigenvalue weighted by molar-refractivity contribution is 5.90. The third-order valence-electron chi connectivity index (χ3n) is 4.85. The minimum atomic E-state index is -0.484. The molecule has 0 saturated heterocycles. The van der Waals surface area contributed by atoms with Crippen molar-refractivity contribution >= 4 is 17.7 Å². The normalized spacial score (nSPS) is 13.2. The summed E-state index contributed by atoms with van der Waals surface area (Å²) in [6.45, 7) is 6.32. The lowest BCUT2D eigenvalue weighted by Gasteiger charge is -2.28. The maximum Gasteiger partial charge on any atom is 0.359 e. The van der Waals surface area contributed by atoms with Gasteiger partial charge in [0.05, 0.1) is 18.0 Å². The second kappa shape index (κ2) is 8.37. The van der Waals surface area contributed by atoms with Crippen LogP contribution in [0.2, 0.25) is 0 Å². The van der Waals surface area contributed by atoms with Crippen molar-refractivity contribution < 1.29 is 19.1 Å². The van der Waals surface area contributed by atoms with Crippen LogP contribution in [0.25, 0.3) is 5.69 Å². The van der Waals surface area contributed by atoms with Crippen LogP contribution >= 0.6 is 0 Å². The molecule has 3 rings (SSSR count). The molecule has 0 bridgehead atoms. The SMILES string of the molecule is CCOC(=O)c1nn(-c2ccc(C)cc2)c2c1CN(C(=O)CCC(C)=O)CC2. The molecule has 0 unspecified atom stereocenters. The van der Waals surface area contributed by atoms with Gasteiger partial charge in [0.25, 0.3) is 0 Å². The Labute approximate surface area is 164 Å². The smallest absolute Gasteiger partial charge is 0.359 e. The second-order valence-corrected chi connectivity index (χ2v) is 7.01. The van der Waals surface area contributed by atoms with Crippen molar-refractivity contribution in [2.45, 2.75) is 46.6 Å². The number of aromatic nitrogens is 2. The van der Waals surface area contributed by atoms with Crippen LogP contribution in [0.15, 0.2) is 24.3 Å². The van der Waals surface area contributed by atoms with E-state index in [2.05, 4.69) is 5.10 Å². The van der Waals surface area contributed by atoms with E-state index in [1.807, 2.05) is 31.2 Å². The molecule has 0 fully saturated rings. The summed E-state index contributed by atoms with van der Waals surface area (Å²) in [6, 6.07) is 7.91. The average Bonchev–Trinajstić information content (AvgIpc) is 3.06. The summed E-state index contributed by atoms with van der Waals surface area (Å²) in [5, 5.41) is 4.53. The van der Waals surface area contributed by atoms with E-state index in [1.165, 1.54) is 6.92 Å². The van der Waals surface area contributed by atoms with Gasteiger partial charge in [-0.25, -0.2) is 9.48 Å². The molecule has 1 amide bonds. The van der Waals surface area contributed by atoms with Crippen molar-refractivity contribution in [2.75, 3.05) is 13.2 Å². The number of fused-ring (bicyclic) bond motifs is 1. The summed E-state index contributed by atoms with van der Waals surface area (Å²) in [4.78, 5) is 37.8. The molecule has 28 heavy (non-hydrogen) atoms. The van der Waals surface area contributed by atoms with Gasteiger partial charge in [-0.3, -0.25) is 4.79 Å². The maximum absolute atomic E-state index is 12.5. The van der Waals surface area contributed by atoms with Crippen LogP contribution in [0.4, 0.5) is 0 Å². The third-order valence-corrected chi connectivity index (χ3v) is 4.85.